The number of hydrogen-bond donors (Lipinski definition) is 2. The molecule has 5 heteroatoms. The molecular formula is C18H23N3O2. The van der Waals surface area contributed by atoms with Crippen molar-refractivity contribution in [2.75, 3.05) is 0 Å². The quantitative estimate of drug-likeness (QED) is 0.910. The van der Waals surface area contributed by atoms with Crippen molar-refractivity contribution in [3.8, 4) is 5.69 Å². The fraction of sp³-hybridized carbons (Fsp3) is 0.444. The zero-order valence-corrected chi connectivity index (χ0v) is 13.6. The lowest BCUT2D eigenvalue weighted by atomic mass is 10.1. The number of nitrogens with zero attached hydrogens (tertiary/aromatic N) is 2. The summed E-state index contributed by atoms with van der Waals surface area (Å²) in [4.78, 5) is 12.2. The lowest BCUT2D eigenvalue weighted by Gasteiger charge is -2.14. The highest BCUT2D eigenvalue weighted by Crippen LogP contribution is 2.26. The van der Waals surface area contributed by atoms with Crippen LogP contribution < -0.4 is 5.32 Å². The van der Waals surface area contributed by atoms with Gasteiger partial charge in [-0.25, -0.2) is 4.68 Å². The number of carbonyl (C=O) groups is 1. The maximum absolute atomic E-state index is 12.2. The summed E-state index contributed by atoms with van der Waals surface area (Å²) in [5, 5.41) is 17.4. The largest absolute Gasteiger partial charge is 0.392 e. The van der Waals surface area contributed by atoms with Crippen molar-refractivity contribution in [3.63, 3.8) is 0 Å². The predicted octanol–water partition coefficient (Wildman–Crippen LogP) is 2.27. The van der Waals surface area contributed by atoms with E-state index in [1.54, 1.807) is 0 Å². The van der Waals surface area contributed by atoms with Crippen molar-refractivity contribution in [3.05, 3.63) is 47.3 Å². The maximum Gasteiger partial charge on any atom is 0.225 e. The third kappa shape index (κ3) is 3.15. The summed E-state index contributed by atoms with van der Waals surface area (Å²) in [7, 11) is 0. The fourth-order valence-corrected chi connectivity index (χ4v) is 3.30. The number of rotatable bonds is 4. The van der Waals surface area contributed by atoms with Crippen molar-refractivity contribution < 1.29 is 9.90 Å². The zero-order chi connectivity index (χ0) is 16.4. The van der Waals surface area contributed by atoms with Crippen LogP contribution in [0, 0.1) is 19.8 Å². The molecule has 1 aliphatic rings. The van der Waals surface area contributed by atoms with Crippen LogP contribution in [-0.4, -0.2) is 26.9 Å². The number of para-hydroxylation sites is 1. The van der Waals surface area contributed by atoms with Crippen LogP contribution in [0.2, 0.25) is 0 Å². The SMILES string of the molecule is Cc1nn(-c2ccccc2)c(C)c1CNC(=O)C1CCCC1O. The van der Waals surface area contributed by atoms with Crippen molar-refractivity contribution >= 4 is 5.91 Å². The Morgan fingerprint density at radius 1 is 1.30 bits per heavy atom. The number of hydrogen-bond acceptors (Lipinski definition) is 3. The van der Waals surface area contributed by atoms with E-state index in [2.05, 4.69) is 10.4 Å². The fourth-order valence-electron chi connectivity index (χ4n) is 3.30. The van der Waals surface area contributed by atoms with Crippen molar-refractivity contribution in [2.24, 2.45) is 5.92 Å². The van der Waals surface area contributed by atoms with E-state index >= 15 is 0 Å². The van der Waals surface area contributed by atoms with Gasteiger partial charge in [0, 0.05) is 17.8 Å². The second-order valence-corrected chi connectivity index (χ2v) is 6.22. The minimum atomic E-state index is -0.496. The highest BCUT2D eigenvalue weighted by Gasteiger charge is 2.31. The van der Waals surface area contributed by atoms with Gasteiger partial charge in [0.15, 0.2) is 0 Å². The van der Waals surface area contributed by atoms with Crippen LogP contribution >= 0.6 is 0 Å². The van der Waals surface area contributed by atoms with Gasteiger partial charge in [-0.05, 0) is 45.2 Å². The van der Waals surface area contributed by atoms with Crippen molar-refractivity contribution in [1.82, 2.24) is 15.1 Å². The Morgan fingerprint density at radius 3 is 2.70 bits per heavy atom. The molecule has 0 radical (unpaired) electrons. The number of benzene rings is 1. The first-order valence-electron chi connectivity index (χ1n) is 8.14. The monoisotopic (exact) mass is 313 g/mol. The van der Waals surface area contributed by atoms with Crippen LogP contribution in [0.25, 0.3) is 5.69 Å². The highest BCUT2D eigenvalue weighted by molar-refractivity contribution is 5.79. The molecule has 122 valence electrons. The van der Waals surface area contributed by atoms with Crippen molar-refractivity contribution in [1.29, 1.82) is 0 Å². The molecule has 1 aliphatic carbocycles. The molecule has 1 aromatic heterocycles. The first-order chi connectivity index (χ1) is 11.1. The van der Waals surface area contributed by atoms with Crippen LogP contribution in [0.5, 0.6) is 0 Å². The van der Waals surface area contributed by atoms with Gasteiger partial charge in [0.25, 0.3) is 0 Å². The molecule has 1 amide bonds. The molecule has 2 aromatic rings. The van der Waals surface area contributed by atoms with E-state index in [9.17, 15) is 9.90 Å². The van der Waals surface area contributed by atoms with E-state index in [1.165, 1.54) is 0 Å². The minimum absolute atomic E-state index is 0.0544. The minimum Gasteiger partial charge on any atom is -0.392 e. The Morgan fingerprint density at radius 2 is 2.04 bits per heavy atom. The van der Waals surface area contributed by atoms with Gasteiger partial charge in [0.1, 0.15) is 0 Å². The Hall–Kier alpha value is -2.14. The molecule has 0 spiro atoms. The van der Waals surface area contributed by atoms with Crippen LogP contribution in [-0.2, 0) is 11.3 Å². The van der Waals surface area contributed by atoms with Gasteiger partial charge in [0.05, 0.1) is 23.4 Å². The van der Waals surface area contributed by atoms with Crippen LogP contribution in [0.15, 0.2) is 30.3 Å². The number of amides is 1. The van der Waals surface area contributed by atoms with E-state index in [1.807, 2.05) is 48.9 Å². The average molecular weight is 313 g/mol. The summed E-state index contributed by atoms with van der Waals surface area (Å²) in [5.74, 6) is -0.318. The van der Waals surface area contributed by atoms with Gasteiger partial charge >= 0.3 is 0 Å². The van der Waals surface area contributed by atoms with Gasteiger partial charge < -0.3 is 10.4 Å². The zero-order valence-electron chi connectivity index (χ0n) is 13.6. The van der Waals surface area contributed by atoms with Gasteiger partial charge in [-0.15, -0.1) is 0 Å². The maximum atomic E-state index is 12.2. The molecule has 2 atom stereocenters. The second-order valence-electron chi connectivity index (χ2n) is 6.22. The number of aliphatic hydroxyl groups is 1. The van der Waals surface area contributed by atoms with Gasteiger partial charge in [-0.3, -0.25) is 4.79 Å². The molecule has 1 saturated carbocycles. The third-order valence-corrected chi connectivity index (χ3v) is 4.70. The Balaban J connectivity index is 1.74. The summed E-state index contributed by atoms with van der Waals surface area (Å²) in [5.41, 5.74) is 3.99. The number of aliphatic hydroxyl groups excluding tert-OH is 1. The predicted molar refractivity (Wildman–Crippen MR) is 88.2 cm³/mol. The lowest BCUT2D eigenvalue weighted by molar-refractivity contribution is -0.127. The van der Waals surface area contributed by atoms with Gasteiger partial charge in [-0.2, -0.15) is 5.10 Å². The summed E-state index contributed by atoms with van der Waals surface area (Å²) in [6, 6.07) is 9.96. The van der Waals surface area contributed by atoms with E-state index in [0.717, 1.165) is 41.9 Å². The molecule has 3 rings (SSSR count). The molecule has 0 bridgehead atoms. The Labute approximate surface area is 136 Å². The average Bonchev–Trinajstić information content (AvgIpc) is 3.10. The standard InChI is InChI=1S/C18H23N3O2/c1-12-16(11-19-18(23)15-9-6-10-17(15)22)13(2)21(20-12)14-7-4-3-5-8-14/h3-5,7-8,15,17,22H,6,9-11H2,1-2H3,(H,19,23). The molecule has 23 heavy (non-hydrogen) atoms. The number of carbonyl (C=O) groups excluding carboxylic acids is 1. The Bertz CT molecular complexity index is 694. The molecule has 2 unspecified atom stereocenters. The molecule has 1 heterocycles. The third-order valence-electron chi connectivity index (χ3n) is 4.70. The van der Waals surface area contributed by atoms with E-state index < -0.39 is 6.10 Å². The van der Waals surface area contributed by atoms with Crippen LogP contribution in [0.4, 0.5) is 0 Å². The van der Waals surface area contributed by atoms with Gasteiger partial charge in [0.2, 0.25) is 5.91 Å². The number of nitrogens with one attached hydrogen (secondary N) is 1. The molecule has 0 saturated heterocycles. The summed E-state index contributed by atoms with van der Waals surface area (Å²) < 4.78 is 1.90. The van der Waals surface area contributed by atoms with Crippen LogP contribution in [0.3, 0.4) is 0 Å². The number of aryl methyl sites for hydroxylation is 1. The molecule has 1 aromatic carbocycles. The van der Waals surface area contributed by atoms with Crippen LogP contribution in [0.1, 0.15) is 36.2 Å². The normalized spacial score (nSPS) is 20.7. The molecule has 0 aliphatic heterocycles. The topological polar surface area (TPSA) is 67.2 Å². The molecule has 1 fully saturated rings. The van der Waals surface area contributed by atoms with Crippen molar-refractivity contribution in [2.45, 2.75) is 45.8 Å². The van der Waals surface area contributed by atoms with E-state index in [0.29, 0.717) is 6.54 Å². The summed E-state index contributed by atoms with van der Waals surface area (Å²) >= 11 is 0. The Kier molecular flexibility index (Phi) is 4.48. The molecule has 2 N–H and O–H groups in total. The molecular weight excluding hydrogens is 290 g/mol. The summed E-state index contributed by atoms with van der Waals surface area (Å²) in [6.45, 7) is 4.42. The second kappa shape index (κ2) is 6.54. The highest BCUT2D eigenvalue weighted by atomic mass is 16.3. The van der Waals surface area contributed by atoms with E-state index in [4.69, 9.17) is 0 Å². The van der Waals surface area contributed by atoms with E-state index in [-0.39, 0.29) is 11.8 Å². The lowest BCUT2D eigenvalue weighted by Crippen LogP contribution is -2.34. The summed E-state index contributed by atoms with van der Waals surface area (Å²) in [6.07, 6.45) is 1.92. The molecule has 5 nitrogen and oxygen atoms in total. The van der Waals surface area contributed by atoms with Gasteiger partial charge in [-0.1, -0.05) is 18.2 Å². The first-order valence-corrected chi connectivity index (χ1v) is 8.14. The number of aromatic nitrogens is 2. The first kappa shape index (κ1) is 15.7. The smallest absolute Gasteiger partial charge is 0.225 e.